The van der Waals surface area contributed by atoms with Gasteiger partial charge in [-0.05, 0) is 58.0 Å². The molecule has 5 heteroatoms. The van der Waals surface area contributed by atoms with E-state index in [2.05, 4.69) is 31.4 Å². The number of nitrogens with one attached hydrogen (secondary N) is 2. The maximum Gasteiger partial charge on any atom is 0.194 e. The normalized spacial score (nSPS) is 11.9. The molecule has 0 bridgehead atoms. The number of hydrogen-bond donors (Lipinski definition) is 2. The first-order valence-corrected chi connectivity index (χ1v) is 6.39. The molecule has 2 nitrogen and oxygen atoms in total. The minimum atomic E-state index is -1.42. The van der Waals surface area contributed by atoms with Crippen LogP contribution in [-0.4, -0.2) is 18.6 Å². The predicted molar refractivity (Wildman–Crippen MR) is 70.4 cm³/mol. The topological polar surface area (TPSA) is 24.1 Å². The summed E-state index contributed by atoms with van der Waals surface area (Å²) in [6.45, 7) is 8.18. The van der Waals surface area contributed by atoms with Gasteiger partial charge in [-0.15, -0.1) is 0 Å². The minimum absolute atomic E-state index is 0.0865. The predicted octanol–water partition coefficient (Wildman–Crippen LogP) is 2.97. The third-order valence-corrected chi connectivity index (χ3v) is 2.56. The second-order valence-electron chi connectivity index (χ2n) is 5.58. The highest BCUT2D eigenvalue weighted by Gasteiger charge is 2.10. The zero-order chi connectivity index (χ0) is 14.5. The quantitative estimate of drug-likeness (QED) is 0.615. The van der Waals surface area contributed by atoms with Crippen molar-refractivity contribution in [2.24, 2.45) is 0 Å². The van der Waals surface area contributed by atoms with Crippen LogP contribution in [0.4, 0.5) is 13.2 Å². The van der Waals surface area contributed by atoms with E-state index in [0.29, 0.717) is 12.1 Å². The molecule has 0 amide bonds. The van der Waals surface area contributed by atoms with Crippen LogP contribution in [0.5, 0.6) is 0 Å². The Morgan fingerprint density at radius 1 is 1.00 bits per heavy atom. The molecule has 0 aliphatic carbocycles. The molecule has 1 aromatic carbocycles. The summed E-state index contributed by atoms with van der Waals surface area (Å²) in [5, 5.41) is 6.40. The average Bonchev–Trinajstić information content (AvgIpc) is 2.29. The summed E-state index contributed by atoms with van der Waals surface area (Å²) in [5.41, 5.74) is 0.489. The molecule has 0 spiro atoms. The summed E-state index contributed by atoms with van der Waals surface area (Å²) in [4.78, 5) is 0. The van der Waals surface area contributed by atoms with Crippen LogP contribution in [0.15, 0.2) is 12.1 Å². The molecule has 0 aliphatic heterocycles. The first-order chi connectivity index (χ1) is 8.79. The molecule has 0 fully saturated rings. The van der Waals surface area contributed by atoms with Gasteiger partial charge in [0.2, 0.25) is 0 Å². The molecular formula is C14H21F3N2. The van der Waals surface area contributed by atoms with Crippen molar-refractivity contribution in [3.05, 3.63) is 35.1 Å². The Balaban J connectivity index is 2.27. The summed E-state index contributed by atoms with van der Waals surface area (Å²) in [6, 6.07) is 2.03. The zero-order valence-electron chi connectivity index (χ0n) is 11.6. The van der Waals surface area contributed by atoms with Gasteiger partial charge in [0.05, 0.1) is 0 Å². The van der Waals surface area contributed by atoms with Crippen LogP contribution in [0.2, 0.25) is 0 Å². The lowest BCUT2D eigenvalue weighted by Gasteiger charge is -2.20. The fraction of sp³-hybridized carbons (Fsp3) is 0.571. The van der Waals surface area contributed by atoms with E-state index in [1.54, 1.807) is 0 Å². The average molecular weight is 274 g/mol. The fourth-order valence-electron chi connectivity index (χ4n) is 1.62. The number of halogens is 3. The molecule has 0 atom stereocenters. The maximum absolute atomic E-state index is 12.9. The van der Waals surface area contributed by atoms with Crippen molar-refractivity contribution in [3.8, 4) is 0 Å². The van der Waals surface area contributed by atoms with Gasteiger partial charge in [-0.1, -0.05) is 0 Å². The van der Waals surface area contributed by atoms with Crippen molar-refractivity contribution >= 4 is 0 Å². The molecule has 0 heterocycles. The van der Waals surface area contributed by atoms with Gasteiger partial charge < -0.3 is 10.6 Å². The first-order valence-electron chi connectivity index (χ1n) is 6.39. The van der Waals surface area contributed by atoms with Crippen LogP contribution in [0.1, 0.15) is 32.8 Å². The third kappa shape index (κ3) is 6.07. The van der Waals surface area contributed by atoms with Crippen molar-refractivity contribution in [3.63, 3.8) is 0 Å². The fourth-order valence-corrected chi connectivity index (χ4v) is 1.62. The molecule has 0 aliphatic rings. The van der Waals surface area contributed by atoms with Crippen LogP contribution in [0.3, 0.4) is 0 Å². The van der Waals surface area contributed by atoms with E-state index in [9.17, 15) is 13.2 Å². The van der Waals surface area contributed by atoms with E-state index in [1.165, 1.54) is 0 Å². The van der Waals surface area contributed by atoms with Crippen molar-refractivity contribution < 1.29 is 13.2 Å². The van der Waals surface area contributed by atoms with Crippen LogP contribution < -0.4 is 10.6 Å². The van der Waals surface area contributed by atoms with Crippen molar-refractivity contribution in [1.82, 2.24) is 10.6 Å². The largest absolute Gasteiger partial charge is 0.313 e. The van der Waals surface area contributed by atoms with Crippen molar-refractivity contribution in [2.45, 2.75) is 39.3 Å². The summed E-state index contributed by atoms with van der Waals surface area (Å²) in [7, 11) is 0. The van der Waals surface area contributed by atoms with E-state index in [1.807, 2.05) is 0 Å². The van der Waals surface area contributed by atoms with Gasteiger partial charge in [-0.3, -0.25) is 0 Å². The molecular weight excluding hydrogens is 253 g/mol. The lowest BCUT2D eigenvalue weighted by Crippen LogP contribution is -2.37. The van der Waals surface area contributed by atoms with Gasteiger partial charge in [0.25, 0.3) is 0 Å². The SMILES string of the molecule is CC(C)(C)NCCCNCc1cc(F)c(F)c(F)c1. The third-order valence-electron chi connectivity index (χ3n) is 2.56. The van der Waals surface area contributed by atoms with Crippen LogP contribution in [0, 0.1) is 17.5 Å². The standard InChI is InChI=1S/C14H21F3N2/c1-14(2,3)19-6-4-5-18-9-10-7-11(15)13(17)12(16)8-10/h7-8,18-19H,4-6,9H2,1-3H3. The van der Waals surface area contributed by atoms with Gasteiger partial charge >= 0.3 is 0 Å². The van der Waals surface area contributed by atoms with E-state index in [-0.39, 0.29) is 5.54 Å². The molecule has 1 rings (SSSR count). The number of benzene rings is 1. The summed E-state index contributed by atoms with van der Waals surface area (Å²) in [6.07, 6.45) is 0.906. The molecule has 1 aromatic rings. The summed E-state index contributed by atoms with van der Waals surface area (Å²) in [5.74, 6) is -3.71. The smallest absolute Gasteiger partial charge is 0.194 e. The Labute approximate surface area is 112 Å². The Bertz CT molecular complexity index is 391. The van der Waals surface area contributed by atoms with Crippen molar-refractivity contribution in [1.29, 1.82) is 0 Å². The van der Waals surface area contributed by atoms with E-state index in [0.717, 1.165) is 31.6 Å². The van der Waals surface area contributed by atoms with Gasteiger partial charge in [-0.2, -0.15) is 0 Å². The van der Waals surface area contributed by atoms with Gasteiger partial charge in [0, 0.05) is 12.1 Å². The lowest BCUT2D eigenvalue weighted by atomic mass is 10.1. The minimum Gasteiger partial charge on any atom is -0.313 e. The molecule has 0 radical (unpaired) electrons. The molecule has 108 valence electrons. The Morgan fingerprint density at radius 3 is 2.11 bits per heavy atom. The monoisotopic (exact) mass is 274 g/mol. The Hall–Kier alpha value is -1.07. The number of rotatable bonds is 6. The highest BCUT2D eigenvalue weighted by Crippen LogP contribution is 2.13. The lowest BCUT2D eigenvalue weighted by molar-refractivity contribution is 0.418. The maximum atomic E-state index is 12.9. The van der Waals surface area contributed by atoms with Gasteiger partial charge in [0.15, 0.2) is 17.5 Å². The van der Waals surface area contributed by atoms with Crippen molar-refractivity contribution in [2.75, 3.05) is 13.1 Å². The molecule has 2 N–H and O–H groups in total. The first kappa shape index (κ1) is 16.0. The van der Waals surface area contributed by atoms with E-state index in [4.69, 9.17) is 0 Å². The zero-order valence-corrected chi connectivity index (χ0v) is 11.6. The highest BCUT2D eigenvalue weighted by atomic mass is 19.2. The van der Waals surface area contributed by atoms with Gasteiger partial charge in [0.1, 0.15) is 0 Å². The van der Waals surface area contributed by atoms with E-state index < -0.39 is 17.5 Å². The van der Waals surface area contributed by atoms with Crippen LogP contribution in [-0.2, 0) is 6.54 Å². The Morgan fingerprint density at radius 2 is 1.58 bits per heavy atom. The molecule has 0 unspecified atom stereocenters. The Kier molecular flexibility index (Phi) is 5.82. The second kappa shape index (κ2) is 6.91. The van der Waals surface area contributed by atoms with E-state index >= 15 is 0 Å². The number of hydrogen-bond acceptors (Lipinski definition) is 2. The molecule has 0 saturated heterocycles. The van der Waals surface area contributed by atoms with Crippen LogP contribution in [0.25, 0.3) is 0 Å². The van der Waals surface area contributed by atoms with Crippen LogP contribution >= 0.6 is 0 Å². The summed E-state index contributed by atoms with van der Waals surface area (Å²) < 4.78 is 38.6. The highest BCUT2D eigenvalue weighted by molar-refractivity contribution is 5.19. The molecule has 0 aromatic heterocycles. The summed E-state index contributed by atoms with van der Waals surface area (Å²) >= 11 is 0. The molecule has 19 heavy (non-hydrogen) atoms. The van der Waals surface area contributed by atoms with Gasteiger partial charge in [-0.25, -0.2) is 13.2 Å². The second-order valence-corrected chi connectivity index (χ2v) is 5.58. The molecule has 0 saturated carbocycles.